The fourth-order valence-corrected chi connectivity index (χ4v) is 3.34. The molecule has 0 aliphatic carbocycles. The Morgan fingerprint density at radius 2 is 1.93 bits per heavy atom. The monoisotopic (exact) mass is 398 g/mol. The van der Waals surface area contributed by atoms with E-state index in [9.17, 15) is 18.8 Å². The van der Waals surface area contributed by atoms with Gasteiger partial charge in [-0.05, 0) is 54.8 Å². The van der Waals surface area contributed by atoms with Crippen molar-refractivity contribution in [2.24, 2.45) is 11.8 Å². The molecule has 1 heterocycles. The highest BCUT2D eigenvalue weighted by Crippen LogP contribution is 2.27. The van der Waals surface area contributed by atoms with Crippen molar-refractivity contribution in [2.45, 2.75) is 26.7 Å². The number of amides is 2. The Balaban J connectivity index is 1.62. The number of nitrogens with one attached hydrogen (secondary N) is 1. The third-order valence-electron chi connectivity index (χ3n) is 5.13. The van der Waals surface area contributed by atoms with Crippen LogP contribution in [0.2, 0.25) is 0 Å². The van der Waals surface area contributed by atoms with Crippen LogP contribution in [-0.2, 0) is 20.8 Å². The number of carbonyl (C=O) groups excluding carboxylic acids is 2. The molecule has 7 heteroatoms. The highest BCUT2D eigenvalue weighted by Gasteiger charge is 2.35. The Morgan fingerprint density at radius 3 is 2.55 bits per heavy atom. The van der Waals surface area contributed by atoms with Crippen molar-refractivity contribution >= 4 is 29.2 Å². The molecule has 1 aliphatic rings. The minimum absolute atomic E-state index is 0.0937. The Bertz CT molecular complexity index is 942. The van der Waals surface area contributed by atoms with Crippen molar-refractivity contribution in [1.29, 1.82) is 0 Å². The number of halogens is 1. The zero-order valence-electron chi connectivity index (χ0n) is 16.3. The molecule has 29 heavy (non-hydrogen) atoms. The second kappa shape index (κ2) is 8.43. The Hall–Kier alpha value is -3.22. The molecule has 1 saturated heterocycles. The molecule has 152 valence electrons. The molecule has 1 fully saturated rings. The summed E-state index contributed by atoms with van der Waals surface area (Å²) in [5.41, 5.74) is 2.48. The lowest BCUT2D eigenvalue weighted by molar-refractivity contribution is -0.141. The third-order valence-corrected chi connectivity index (χ3v) is 5.13. The average molecular weight is 398 g/mol. The highest BCUT2D eigenvalue weighted by molar-refractivity contribution is 6.03. The topological polar surface area (TPSA) is 86.7 Å². The van der Waals surface area contributed by atoms with Crippen LogP contribution in [0.15, 0.2) is 42.5 Å². The summed E-state index contributed by atoms with van der Waals surface area (Å²) in [7, 11) is 0. The van der Waals surface area contributed by atoms with E-state index in [0.29, 0.717) is 23.4 Å². The van der Waals surface area contributed by atoms with Gasteiger partial charge in [0.25, 0.3) is 0 Å². The van der Waals surface area contributed by atoms with E-state index in [2.05, 4.69) is 5.32 Å². The highest BCUT2D eigenvalue weighted by atomic mass is 19.1. The summed E-state index contributed by atoms with van der Waals surface area (Å²) in [5, 5.41) is 11.8. The summed E-state index contributed by atoms with van der Waals surface area (Å²) >= 11 is 0. The minimum Gasteiger partial charge on any atom is -0.481 e. The number of hydrogen-bond acceptors (Lipinski definition) is 3. The standard InChI is InChI=1S/C22H23FN2O4/c1-13-10-18(7-8-19(13)23)25-12-16(11-20(25)26)21(27)24-17-5-3-15(4-6-17)9-14(2)22(28)29/h3-8,10,14,16H,9,11-12H2,1-2H3,(H,24,27)(H,28,29). The van der Waals surface area contributed by atoms with Crippen molar-refractivity contribution in [3.63, 3.8) is 0 Å². The molecule has 2 unspecified atom stereocenters. The van der Waals surface area contributed by atoms with Crippen LogP contribution in [0, 0.1) is 24.6 Å². The molecule has 3 rings (SSSR count). The summed E-state index contributed by atoms with van der Waals surface area (Å²) in [6.07, 6.45) is 0.503. The lowest BCUT2D eigenvalue weighted by atomic mass is 10.0. The molecule has 0 aromatic heterocycles. The number of aliphatic carboxylic acids is 1. The van der Waals surface area contributed by atoms with E-state index in [1.54, 1.807) is 44.2 Å². The smallest absolute Gasteiger partial charge is 0.306 e. The SMILES string of the molecule is Cc1cc(N2CC(C(=O)Nc3ccc(CC(C)C(=O)O)cc3)CC2=O)ccc1F. The van der Waals surface area contributed by atoms with Crippen LogP contribution in [-0.4, -0.2) is 29.4 Å². The summed E-state index contributed by atoms with van der Waals surface area (Å²) in [5.74, 6) is -2.61. The van der Waals surface area contributed by atoms with Gasteiger partial charge < -0.3 is 15.3 Å². The third kappa shape index (κ3) is 4.80. The molecule has 6 nitrogen and oxygen atoms in total. The van der Waals surface area contributed by atoms with Crippen LogP contribution < -0.4 is 10.2 Å². The Labute approximate surface area is 168 Å². The summed E-state index contributed by atoms with van der Waals surface area (Å²) in [6.45, 7) is 3.51. The largest absolute Gasteiger partial charge is 0.481 e. The van der Waals surface area contributed by atoms with E-state index in [1.165, 1.54) is 17.0 Å². The fraction of sp³-hybridized carbons (Fsp3) is 0.318. The molecule has 2 N–H and O–H groups in total. The number of carbonyl (C=O) groups is 3. The van der Waals surface area contributed by atoms with Gasteiger partial charge in [0.05, 0.1) is 11.8 Å². The van der Waals surface area contributed by atoms with Crippen molar-refractivity contribution in [3.8, 4) is 0 Å². The van der Waals surface area contributed by atoms with Gasteiger partial charge in [0.2, 0.25) is 11.8 Å². The fourth-order valence-electron chi connectivity index (χ4n) is 3.34. The van der Waals surface area contributed by atoms with E-state index in [-0.39, 0.29) is 30.6 Å². The summed E-state index contributed by atoms with van der Waals surface area (Å²) < 4.78 is 13.5. The van der Waals surface area contributed by atoms with Gasteiger partial charge in [-0.2, -0.15) is 0 Å². The Morgan fingerprint density at radius 1 is 1.24 bits per heavy atom. The average Bonchev–Trinajstić information content (AvgIpc) is 3.07. The molecule has 2 aromatic carbocycles. The quantitative estimate of drug-likeness (QED) is 0.781. The second-order valence-corrected chi connectivity index (χ2v) is 7.47. The van der Waals surface area contributed by atoms with Gasteiger partial charge in [-0.15, -0.1) is 0 Å². The Kier molecular flexibility index (Phi) is 5.96. The van der Waals surface area contributed by atoms with Crippen LogP contribution in [0.5, 0.6) is 0 Å². The first-order valence-corrected chi connectivity index (χ1v) is 9.43. The number of nitrogens with zero attached hydrogens (tertiary/aromatic N) is 1. The normalized spacial score (nSPS) is 17.3. The van der Waals surface area contributed by atoms with E-state index >= 15 is 0 Å². The van der Waals surface area contributed by atoms with Crippen LogP contribution in [0.25, 0.3) is 0 Å². The molecule has 0 spiro atoms. The van der Waals surface area contributed by atoms with E-state index in [0.717, 1.165) is 5.56 Å². The first-order chi connectivity index (χ1) is 13.7. The van der Waals surface area contributed by atoms with Gasteiger partial charge in [0.15, 0.2) is 0 Å². The number of hydrogen-bond donors (Lipinski definition) is 2. The van der Waals surface area contributed by atoms with E-state index < -0.39 is 17.8 Å². The maximum absolute atomic E-state index is 13.5. The molecule has 2 atom stereocenters. The summed E-state index contributed by atoms with van der Waals surface area (Å²) in [4.78, 5) is 37.4. The number of benzene rings is 2. The van der Waals surface area contributed by atoms with Gasteiger partial charge in [0.1, 0.15) is 5.82 Å². The maximum Gasteiger partial charge on any atom is 0.306 e. The molecular weight excluding hydrogens is 375 g/mol. The second-order valence-electron chi connectivity index (χ2n) is 7.47. The molecular formula is C22H23FN2O4. The predicted octanol–water partition coefficient (Wildman–Crippen LogP) is 3.39. The van der Waals surface area contributed by atoms with Gasteiger partial charge in [-0.25, -0.2) is 4.39 Å². The van der Waals surface area contributed by atoms with Gasteiger partial charge in [0, 0.05) is 24.3 Å². The van der Waals surface area contributed by atoms with E-state index in [4.69, 9.17) is 5.11 Å². The van der Waals surface area contributed by atoms with Crippen molar-refractivity contribution in [2.75, 3.05) is 16.8 Å². The molecule has 1 aliphatic heterocycles. The number of carboxylic acid groups (broad SMARTS) is 1. The van der Waals surface area contributed by atoms with Gasteiger partial charge in [-0.3, -0.25) is 14.4 Å². The van der Waals surface area contributed by atoms with Gasteiger partial charge >= 0.3 is 5.97 Å². The van der Waals surface area contributed by atoms with Gasteiger partial charge in [-0.1, -0.05) is 19.1 Å². The van der Waals surface area contributed by atoms with Crippen molar-refractivity contribution < 1.29 is 23.9 Å². The lowest BCUT2D eigenvalue weighted by Crippen LogP contribution is -2.28. The first-order valence-electron chi connectivity index (χ1n) is 9.43. The van der Waals surface area contributed by atoms with Crippen LogP contribution in [0.1, 0.15) is 24.5 Å². The predicted molar refractivity (Wildman–Crippen MR) is 107 cm³/mol. The molecule has 0 saturated carbocycles. The van der Waals surface area contributed by atoms with E-state index in [1.807, 2.05) is 0 Å². The van der Waals surface area contributed by atoms with Crippen LogP contribution in [0.3, 0.4) is 0 Å². The van der Waals surface area contributed by atoms with Crippen molar-refractivity contribution in [3.05, 3.63) is 59.4 Å². The lowest BCUT2D eigenvalue weighted by Gasteiger charge is -2.17. The number of rotatable bonds is 6. The zero-order chi connectivity index (χ0) is 21.1. The van der Waals surface area contributed by atoms with Crippen LogP contribution in [0.4, 0.5) is 15.8 Å². The van der Waals surface area contributed by atoms with Crippen molar-refractivity contribution in [1.82, 2.24) is 0 Å². The minimum atomic E-state index is -0.853. The maximum atomic E-state index is 13.5. The molecule has 2 amide bonds. The first kappa shape index (κ1) is 20.5. The molecule has 0 bridgehead atoms. The number of anilines is 2. The zero-order valence-corrected chi connectivity index (χ0v) is 16.3. The summed E-state index contributed by atoms with van der Waals surface area (Å²) in [6, 6.07) is 11.5. The number of aryl methyl sites for hydroxylation is 1. The number of carboxylic acids is 1. The molecule has 0 radical (unpaired) electrons. The molecule has 2 aromatic rings. The van der Waals surface area contributed by atoms with Crippen LogP contribution >= 0.6 is 0 Å².